The average molecular weight is 262 g/mol. The van der Waals surface area contributed by atoms with E-state index < -0.39 is 0 Å². The molecule has 0 fully saturated rings. The van der Waals surface area contributed by atoms with E-state index in [2.05, 4.69) is 0 Å². The van der Waals surface area contributed by atoms with E-state index in [0.717, 1.165) is 0 Å². The molecule has 2 rings (SSSR count). The molecule has 0 aliphatic rings. The predicted molar refractivity (Wildman–Crippen MR) is 74.6 cm³/mol. The lowest BCUT2D eigenvalue weighted by molar-refractivity contribution is 0.103. The van der Waals surface area contributed by atoms with Crippen LogP contribution in [0.15, 0.2) is 36.4 Å². The molecule has 0 bridgehead atoms. The van der Waals surface area contributed by atoms with Gasteiger partial charge in [0.25, 0.3) is 0 Å². The molecule has 0 unspecified atom stereocenters. The molecule has 0 amide bonds. The Kier molecular flexibility index (Phi) is 3.37. The second-order valence-corrected chi connectivity index (χ2v) is 4.16. The number of nitrogens with two attached hydrogens (primary N) is 2. The van der Waals surface area contributed by atoms with E-state index in [1.165, 1.54) is 24.3 Å². The van der Waals surface area contributed by atoms with E-state index in [9.17, 15) is 4.79 Å². The van der Waals surface area contributed by atoms with Crippen LogP contribution in [0.25, 0.3) is 0 Å². The van der Waals surface area contributed by atoms with Gasteiger partial charge in [0.1, 0.15) is 12.1 Å². The van der Waals surface area contributed by atoms with Crippen LogP contribution in [-0.4, -0.2) is 5.78 Å². The third-order valence-corrected chi connectivity index (χ3v) is 2.87. The highest BCUT2D eigenvalue weighted by molar-refractivity contribution is 6.09. The molecule has 0 atom stereocenters. The minimum Gasteiger partial charge on any atom is -0.398 e. The van der Waals surface area contributed by atoms with Crippen molar-refractivity contribution < 1.29 is 4.79 Å². The van der Waals surface area contributed by atoms with Crippen molar-refractivity contribution in [3.8, 4) is 12.1 Å². The Hall–Kier alpha value is -3.31. The number of carbonyl (C=O) groups excluding carboxylic acids is 1. The van der Waals surface area contributed by atoms with E-state index in [-0.39, 0.29) is 16.9 Å². The maximum Gasteiger partial charge on any atom is 0.193 e. The first-order valence-corrected chi connectivity index (χ1v) is 5.70. The molecular formula is C15H10N4O. The van der Waals surface area contributed by atoms with Gasteiger partial charge < -0.3 is 11.5 Å². The monoisotopic (exact) mass is 262 g/mol. The predicted octanol–water partition coefficient (Wildman–Crippen LogP) is 1.83. The topological polar surface area (TPSA) is 117 Å². The van der Waals surface area contributed by atoms with Crippen molar-refractivity contribution in [3.05, 3.63) is 58.7 Å². The lowest BCUT2D eigenvalue weighted by Gasteiger charge is -2.05. The van der Waals surface area contributed by atoms with Gasteiger partial charge in [0.15, 0.2) is 5.78 Å². The van der Waals surface area contributed by atoms with Crippen LogP contribution in [0.4, 0.5) is 11.4 Å². The zero-order chi connectivity index (χ0) is 14.7. The molecular weight excluding hydrogens is 252 g/mol. The second kappa shape index (κ2) is 5.13. The van der Waals surface area contributed by atoms with Crippen molar-refractivity contribution in [1.29, 1.82) is 10.5 Å². The minimum atomic E-state index is -0.294. The molecule has 0 saturated carbocycles. The largest absolute Gasteiger partial charge is 0.398 e. The number of ketones is 1. The van der Waals surface area contributed by atoms with Gasteiger partial charge in [-0.15, -0.1) is 0 Å². The highest BCUT2D eigenvalue weighted by Crippen LogP contribution is 2.19. The van der Waals surface area contributed by atoms with Crippen molar-refractivity contribution in [2.75, 3.05) is 11.5 Å². The number of hydrogen-bond acceptors (Lipinski definition) is 5. The molecule has 2 aromatic carbocycles. The second-order valence-electron chi connectivity index (χ2n) is 4.16. The van der Waals surface area contributed by atoms with Crippen LogP contribution in [0.3, 0.4) is 0 Å². The van der Waals surface area contributed by atoms with Crippen LogP contribution in [0.5, 0.6) is 0 Å². The van der Waals surface area contributed by atoms with E-state index in [4.69, 9.17) is 22.0 Å². The summed E-state index contributed by atoms with van der Waals surface area (Å²) in [6.45, 7) is 0. The quantitative estimate of drug-likeness (QED) is 0.632. The molecule has 2 aromatic rings. The Bertz CT molecular complexity index is 716. The number of hydrogen-bond donors (Lipinski definition) is 2. The summed E-state index contributed by atoms with van der Waals surface area (Å²) in [6, 6.07) is 12.8. The van der Waals surface area contributed by atoms with E-state index in [1.807, 2.05) is 12.1 Å². The molecule has 4 N–H and O–H groups in total. The number of carbonyl (C=O) groups is 1. The molecule has 0 spiro atoms. The van der Waals surface area contributed by atoms with Crippen molar-refractivity contribution in [2.24, 2.45) is 0 Å². The number of nitriles is 2. The number of nitrogen functional groups attached to an aromatic ring is 2. The molecule has 0 aromatic heterocycles. The molecule has 0 saturated heterocycles. The highest BCUT2D eigenvalue weighted by atomic mass is 16.1. The van der Waals surface area contributed by atoms with Gasteiger partial charge in [0.05, 0.1) is 11.1 Å². The number of anilines is 2. The molecule has 96 valence electrons. The standard InChI is InChI=1S/C15H10N4O/c16-7-11-5-9(1-3-13(11)18)15(20)10-2-4-14(19)12(6-10)8-17/h1-6H,18-19H2. The molecule has 0 aliphatic carbocycles. The molecule has 0 heterocycles. The van der Waals surface area contributed by atoms with Gasteiger partial charge in [-0.05, 0) is 36.4 Å². The van der Waals surface area contributed by atoms with Crippen molar-refractivity contribution >= 4 is 17.2 Å². The third-order valence-electron chi connectivity index (χ3n) is 2.87. The van der Waals surface area contributed by atoms with Gasteiger partial charge in [0, 0.05) is 22.5 Å². The van der Waals surface area contributed by atoms with Crippen molar-refractivity contribution in [2.45, 2.75) is 0 Å². The minimum absolute atomic E-state index is 0.242. The molecule has 20 heavy (non-hydrogen) atoms. The summed E-state index contributed by atoms with van der Waals surface area (Å²) in [5.74, 6) is -0.294. The average Bonchev–Trinajstić information content (AvgIpc) is 2.47. The summed E-state index contributed by atoms with van der Waals surface area (Å²) in [4.78, 5) is 12.3. The smallest absolute Gasteiger partial charge is 0.193 e. The molecule has 5 nitrogen and oxygen atoms in total. The lowest BCUT2D eigenvalue weighted by Crippen LogP contribution is -2.04. The van der Waals surface area contributed by atoms with Crippen molar-refractivity contribution in [3.63, 3.8) is 0 Å². The van der Waals surface area contributed by atoms with Gasteiger partial charge in [-0.2, -0.15) is 10.5 Å². The first-order valence-electron chi connectivity index (χ1n) is 5.70. The maximum absolute atomic E-state index is 12.3. The number of benzene rings is 2. The van der Waals surface area contributed by atoms with Crippen LogP contribution in [0, 0.1) is 22.7 Å². The Labute approximate surface area is 115 Å². The summed E-state index contributed by atoms with van der Waals surface area (Å²) in [5, 5.41) is 17.8. The normalized spacial score (nSPS) is 9.50. The Morgan fingerprint density at radius 2 is 1.25 bits per heavy atom. The summed E-state index contributed by atoms with van der Waals surface area (Å²) >= 11 is 0. The summed E-state index contributed by atoms with van der Waals surface area (Å²) in [7, 11) is 0. The highest BCUT2D eigenvalue weighted by Gasteiger charge is 2.12. The zero-order valence-electron chi connectivity index (χ0n) is 10.4. The fourth-order valence-corrected chi connectivity index (χ4v) is 1.76. The van der Waals surface area contributed by atoms with Gasteiger partial charge in [-0.3, -0.25) is 4.79 Å². The lowest BCUT2D eigenvalue weighted by atomic mass is 9.99. The molecule has 0 radical (unpaired) electrons. The third kappa shape index (κ3) is 2.29. The Balaban J connectivity index is 2.47. The number of nitrogens with zero attached hydrogens (tertiary/aromatic N) is 2. The summed E-state index contributed by atoms with van der Waals surface area (Å²) in [5.41, 5.74) is 13.0. The van der Waals surface area contributed by atoms with E-state index >= 15 is 0 Å². The van der Waals surface area contributed by atoms with Gasteiger partial charge >= 0.3 is 0 Å². The van der Waals surface area contributed by atoms with Crippen LogP contribution in [0.2, 0.25) is 0 Å². The van der Waals surface area contributed by atoms with Gasteiger partial charge in [-0.1, -0.05) is 0 Å². The van der Waals surface area contributed by atoms with E-state index in [1.54, 1.807) is 12.1 Å². The summed E-state index contributed by atoms with van der Waals surface area (Å²) in [6.07, 6.45) is 0. The van der Waals surface area contributed by atoms with E-state index in [0.29, 0.717) is 22.5 Å². The molecule has 0 aliphatic heterocycles. The Morgan fingerprint density at radius 3 is 1.60 bits per heavy atom. The SMILES string of the molecule is N#Cc1cc(C(=O)c2ccc(N)c(C#N)c2)ccc1N. The number of rotatable bonds is 2. The Morgan fingerprint density at radius 1 is 0.850 bits per heavy atom. The van der Waals surface area contributed by atoms with Gasteiger partial charge in [0.2, 0.25) is 0 Å². The van der Waals surface area contributed by atoms with Crippen LogP contribution >= 0.6 is 0 Å². The van der Waals surface area contributed by atoms with Crippen molar-refractivity contribution in [1.82, 2.24) is 0 Å². The first kappa shape index (κ1) is 13.1. The zero-order valence-corrected chi connectivity index (χ0v) is 10.4. The van der Waals surface area contributed by atoms with Crippen LogP contribution < -0.4 is 11.5 Å². The first-order chi connectivity index (χ1) is 9.56. The summed E-state index contributed by atoms with van der Waals surface area (Å²) < 4.78 is 0. The van der Waals surface area contributed by atoms with Crippen LogP contribution in [0.1, 0.15) is 27.0 Å². The van der Waals surface area contributed by atoms with Gasteiger partial charge in [-0.25, -0.2) is 0 Å². The molecule has 5 heteroatoms. The maximum atomic E-state index is 12.3. The fourth-order valence-electron chi connectivity index (χ4n) is 1.76. The van der Waals surface area contributed by atoms with Crippen LogP contribution in [-0.2, 0) is 0 Å². The fraction of sp³-hybridized carbons (Fsp3) is 0.